The van der Waals surface area contributed by atoms with E-state index in [1.165, 1.54) is 0 Å². The minimum Gasteiger partial charge on any atom is -0.508 e. The highest BCUT2D eigenvalue weighted by Gasteiger charge is 1.99. The van der Waals surface area contributed by atoms with Gasteiger partial charge in [0.05, 0.1) is 0 Å². The van der Waals surface area contributed by atoms with Crippen molar-refractivity contribution in [2.24, 2.45) is 0 Å². The average molecular weight is 236 g/mol. The Morgan fingerprint density at radius 2 is 2.18 bits per heavy atom. The van der Waals surface area contributed by atoms with Crippen molar-refractivity contribution in [3.05, 3.63) is 28.8 Å². The van der Waals surface area contributed by atoms with Crippen LogP contribution in [-0.2, 0) is 6.42 Å². The summed E-state index contributed by atoms with van der Waals surface area (Å²) in [6, 6.07) is 5.16. The zero-order valence-electron chi connectivity index (χ0n) is 5.85. The van der Waals surface area contributed by atoms with Gasteiger partial charge in [-0.3, -0.25) is 0 Å². The number of halogens is 2. The van der Waals surface area contributed by atoms with Gasteiger partial charge in [0.15, 0.2) is 0 Å². The van der Waals surface area contributed by atoms with E-state index in [1.54, 1.807) is 12.1 Å². The third kappa shape index (κ3) is 2.38. The van der Waals surface area contributed by atoms with Crippen LogP contribution < -0.4 is 0 Å². The van der Waals surface area contributed by atoms with Crippen molar-refractivity contribution in [1.29, 1.82) is 0 Å². The molecule has 1 nitrogen and oxygen atoms in total. The van der Waals surface area contributed by atoms with Crippen LogP contribution in [0.4, 0.5) is 0 Å². The van der Waals surface area contributed by atoms with E-state index in [4.69, 9.17) is 11.6 Å². The van der Waals surface area contributed by atoms with Gasteiger partial charge in [-0.05, 0) is 24.1 Å². The molecule has 0 aromatic heterocycles. The maximum absolute atomic E-state index is 9.32. The smallest absolute Gasteiger partial charge is 0.120 e. The molecule has 1 rings (SSSR count). The van der Waals surface area contributed by atoms with Crippen molar-refractivity contribution >= 4 is 27.5 Å². The number of phenols is 1. The molecule has 60 valence electrons. The number of alkyl halides is 1. The Morgan fingerprint density at radius 1 is 1.45 bits per heavy atom. The van der Waals surface area contributed by atoms with Gasteiger partial charge in [-0.2, -0.15) is 0 Å². The summed E-state index contributed by atoms with van der Waals surface area (Å²) in [7, 11) is 0. The lowest BCUT2D eigenvalue weighted by molar-refractivity contribution is 0.469. The molecule has 0 fully saturated rings. The van der Waals surface area contributed by atoms with Crippen LogP contribution in [-0.4, -0.2) is 10.4 Å². The minimum atomic E-state index is 0.275. The predicted molar refractivity (Wildman–Crippen MR) is 50.6 cm³/mol. The number of aryl methyl sites for hydroxylation is 1. The summed E-state index contributed by atoms with van der Waals surface area (Å²) >= 11 is 8.94. The average Bonchev–Trinajstić information content (AvgIpc) is 1.95. The van der Waals surface area contributed by atoms with E-state index in [2.05, 4.69) is 15.9 Å². The molecule has 0 heterocycles. The molecule has 11 heavy (non-hydrogen) atoms. The van der Waals surface area contributed by atoms with Gasteiger partial charge in [0.25, 0.3) is 0 Å². The monoisotopic (exact) mass is 234 g/mol. The lowest BCUT2D eigenvalue weighted by atomic mass is 10.1. The summed E-state index contributed by atoms with van der Waals surface area (Å²) in [6.07, 6.45) is 0.822. The molecule has 0 aliphatic heterocycles. The van der Waals surface area contributed by atoms with Gasteiger partial charge in [-0.1, -0.05) is 33.6 Å². The SMILES string of the molecule is Oc1cc(Cl)ccc1CCBr. The summed E-state index contributed by atoms with van der Waals surface area (Å²) in [5.41, 5.74) is 0.922. The number of hydrogen-bond acceptors (Lipinski definition) is 1. The van der Waals surface area contributed by atoms with Crippen LogP contribution >= 0.6 is 27.5 Å². The number of aromatic hydroxyl groups is 1. The second-order valence-corrected chi connectivity index (χ2v) is 3.44. The highest BCUT2D eigenvalue weighted by atomic mass is 79.9. The highest BCUT2D eigenvalue weighted by molar-refractivity contribution is 9.09. The van der Waals surface area contributed by atoms with Crippen molar-refractivity contribution in [2.75, 3.05) is 5.33 Å². The van der Waals surface area contributed by atoms with E-state index < -0.39 is 0 Å². The van der Waals surface area contributed by atoms with E-state index in [1.807, 2.05) is 6.07 Å². The first kappa shape index (κ1) is 8.88. The lowest BCUT2D eigenvalue weighted by Gasteiger charge is -2.01. The quantitative estimate of drug-likeness (QED) is 0.782. The van der Waals surface area contributed by atoms with E-state index in [0.717, 1.165) is 17.3 Å². The fourth-order valence-corrected chi connectivity index (χ4v) is 1.44. The predicted octanol–water partition coefficient (Wildman–Crippen LogP) is 2.98. The van der Waals surface area contributed by atoms with Crippen molar-refractivity contribution in [1.82, 2.24) is 0 Å². The Morgan fingerprint density at radius 3 is 2.73 bits per heavy atom. The molecule has 0 aliphatic rings. The van der Waals surface area contributed by atoms with Crippen molar-refractivity contribution < 1.29 is 5.11 Å². The van der Waals surface area contributed by atoms with Gasteiger partial charge in [0.2, 0.25) is 0 Å². The molecule has 1 aromatic carbocycles. The van der Waals surface area contributed by atoms with E-state index in [0.29, 0.717) is 5.02 Å². The van der Waals surface area contributed by atoms with Gasteiger partial charge in [-0.15, -0.1) is 0 Å². The van der Waals surface area contributed by atoms with Crippen molar-refractivity contribution in [3.8, 4) is 5.75 Å². The van der Waals surface area contributed by atoms with Crippen LogP contribution in [0.1, 0.15) is 5.56 Å². The Hall–Kier alpha value is -0.210. The molecule has 1 N–H and O–H groups in total. The molecule has 0 amide bonds. The number of phenolic OH excluding ortho intramolecular Hbond substituents is 1. The third-order valence-corrected chi connectivity index (χ3v) is 2.04. The fraction of sp³-hybridized carbons (Fsp3) is 0.250. The number of benzene rings is 1. The second-order valence-electron chi connectivity index (χ2n) is 2.21. The normalized spacial score (nSPS) is 10.0. The Bertz CT molecular complexity index is 250. The summed E-state index contributed by atoms with van der Waals surface area (Å²) in [6.45, 7) is 0. The Balaban J connectivity index is 2.90. The van der Waals surface area contributed by atoms with E-state index in [-0.39, 0.29) is 5.75 Å². The summed E-state index contributed by atoms with van der Waals surface area (Å²) in [5, 5.41) is 10.7. The Labute approximate surface area is 79.1 Å². The zero-order valence-corrected chi connectivity index (χ0v) is 8.19. The molecule has 1 aromatic rings. The molecule has 0 atom stereocenters. The van der Waals surface area contributed by atoms with Gasteiger partial charge in [0, 0.05) is 10.4 Å². The van der Waals surface area contributed by atoms with E-state index >= 15 is 0 Å². The standard InChI is InChI=1S/C8H8BrClO/c9-4-3-6-1-2-7(10)5-8(6)11/h1-2,5,11H,3-4H2. The maximum Gasteiger partial charge on any atom is 0.120 e. The second kappa shape index (κ2) is 3.98. The molecular formula is C8H8BrClO. The van der Waals surface area contributed by atoms with Crippen LogP contribution in [0.5, 0.6) is 5.75 Å². The van der Waals surface area contributed by atoms with Gasteiger partial charge in [0.1, 0.15) is 5.75 Å². The largest absolute Gasteiger partial charge is 0.508 e. The summed E-state index contributed by atoms with van der Waals surface area (Å²) in [4.78, 5) is 0. The van der Waals surface area contributed by atoms with Crippen LogP contribution in [0.2, 0.25) is 5.02 Å². The molecule has 0 aliphatic carbocycles. The summed E-state index contributed by atoms with van der Waals surface area (Å²) < 4.78 is 0. The first-order chi connectivity index (χ1) is 5.24. The van der Waals surface area contributed by atoms with Crippen LogP contribution in [0.25, 0.3) is 0 Å². The molecule has 0 unspecified atom stereocenters. The lowest BCUT2D eigenvalue weighted by Crippen LogP contribution is -1.85. The molecular weight excluding hydrogens is 227 g/mol. The fourth-order valence-electron chi connectivity index (χ4n) is 0.850. The third-order valence-electron chi connectivity index (χ3n) is 1.41. The topological polar surface area (TPSA) is 20.2 Å². The van der Waals surface area contributed by atoms with Crippen molar-refractivity contribution in [2.45, 2.75) is 6.42 Å². The summed E-state index contributed by atoms with van der Waals surface area (Å²) in [5.74, 6) is 0.275. The first-order valence-electron chi connectivity index (χ1n) is 3.27. The first-order valence-corrected chi connectivity index (χ1v) is 4.77. The molecule has 0 spiro atoms. The minimum absolute atomic E-state index is 0.275. The molecule has 0 radical (unpaired) electrons. The van der Waals surface area contributed by atoms with E-state index in [9.17, 15) is 5.11 Å². The van der Waals surface area contributed by atoms with Crippen LogP contribution in [0.15, 0.2) is 18.2 Å². The van der Waals surface area contributed by atoms with Crippen LogP contribution in [0.3, 0.4) is 0 Å². The maximum atomic E-state index is 9.32. The zero-order chi connectivity index (χ0) is 8.27. The highest BCUT2D eigenvalue weighted by Crippen LogP contribution is 2.22. The Kier molecular flexibility index (Phi) is 3.21. The van der Waals surface area contributed by atoms with Crippen molar-refractivity contribution in [3.63, 3.8) is 0 Å². The van der Waals surface area contributed by atoms with Crippen LogP contribution in [0, 0.1) is 0 Å². The van der Waals surface area contributed by atoms with Gasteiger partial charge < -0.3 is 5.11 Å². The number of rotatable bonds is 2. The number of hydrogen-bond donors (Lipinski definition) is 1. The van der Waals surface area contributed by atoms with Gasteiger partial charge in [-0.25, -0.2) is 0 Å². The molecule has 0 saturated heterocycles. The molecule has 0 saturated carbocycles. The molecule has 0 bridgehead atoms. The van der Waals surface area contributed by atoms with Gasteiger partial charge >= 0.3 is 0 Å². The molecule has 3 heteroatoms.